The number of hydrogen-bond acceptors (Lipinski definition) is 4. The van der Waals surface area contributed by atoms with Crippen molar-refractivity contribution in [1.29, 1.82) is 0 Å². The molecule has 3 nitrogen and oxygen atoms in total. The van der Waals surface area contributed by atoms with E-state index in [4.69, 9.17) is 0 Å². The lowest BCUT2D eigenvalue weighted by Gasteiger charge is -2.08. The monoisotopic (exact) mass is 301 g/mol. The summed E-state index contributed by atoms with van der Waals surface area (Å²) < 4.78 is 13.2. The van der Waals surface area contributed by atoms with E-state index >= 15 is 0 Å². The quantitative estimate of drug-likeness (QED) is 0.772. The molecule has 0 unspecified atom stereocenters. The van der Waals surface area contributed by atoms with Gasteiger partial charge in [-0.2, -0.15) is 0 Å². The molecule has 0 bridgehead atoms. The van der Waals surface area contributed by atoms with Gasteiger partial charge in [0.05, 0.1) is 10.5 Å². The number of halogens is 1. The largest absolute Gasteiger partial charge is 0.384 e. The van der Waals surface area contributed by atoms with Crippen LogP contribution in [0.5, 0.6) is 0 Å². The van der Waals surface area contributed by atoms with E-state index in [-0.39, 0.29) is 5.82 Å². The van der Waals surface area contributed by atoms with Gasteiger partial charge in [-0.25, -0.2) is 9.37 Å². The molecule has 0 amide bonds. The first-order valence-electron chi connectivity index (χ1n) is 6.98. The second kappa shape index (κ2) is 6.18. The van der Waals surface area contributed by atoms with Gasteiger partial charge in [0.15, 0.2) is 0 Å². The summed E-state index contributed by atoms with van der Waals surface area (Å²) in [4.78, 5) is 9.92. The van der Waals surface area contributed by atoms with Crippen molar-refractivity contribution in [1.82, 2.24) is 9.97 Å². The van der Waals surface area contributed by atoms with Gasteiger partial charge in [0.2, 0.25) is 0 Å². The zero-order valence-electron chi connectivity index (χ0n) is 11.8. The van der Waals surface area contributed by atoms with Crippen molar-refractivity contribution in [3.63, 3.8) is 0 Å². The SMILES string of the molecule is CCc1cnc(CCNc2ccnc3cc(F)ccc23)s1. The minimum absolute atomic E-state index is 0.262. The number of thiazole rings is 1. The van der Waals surface area contributed by atoms with Crippen molar-refractivity contribution in [3.05, 3.63) is 52.4 Å². The average molecular weight is 301 g/mol. The summed E-state index contributed by atoms with van der Waals surface area (Å²) in [6.07, 6.45) is 5.56. The molecule has 21 heavy (non-hydrogen) atoms. The molecule has 0 aliphatic carbocycles. The Morgan fingerprint density at radius 3 is 2.95 bits per heavy atom. The van der Waals surface area contributed by atoms with Crippen molar-refractivity contribution >= 4 is 27.9 Å². The molecule has 2 aromatic heterocycles. The molecule has 3 rings (SSSR count). The van der Waals surface area contributed by atoms with Crippen LogP contribution in [0.1, 0.15) is 16.8 Å². The minimum atomic E-state index is -0.262. The van der Waals surface area contributed by atoms with Gasteiger partial charge in [-0.3, -0.25) is 4.98 Å². The molecule has 0 aliphatic heterocycles. The highest BCUT2D eigenvalue weighted by atomic mass is 32.1. The van der Waals surface area contributed by atoms with Crippen LogP contribution < -0.4 is 5.32 Å². The van der Waals surface area contributed by atoms with Crippen LogP contribution in [-0.2, 0) is 12.8 Å². The minimum Gasteiger partial charge on any atom is -0.384 e. The van der Waals surface area contributed by atoms with Gasteiger partial charge in [0, 0.05) is 47.4 Å². The molecule has 0 saturated carbocycles. The molecule has 0 radical (unpaired) electrons. The molecule has 0 saturated heterocycles. The Morgan fingerprint density at radius 2 is 2.14 bits per heavy atom. The van der Waals surface area contributed by atoms with Crippen molar-refractivity contribution in [2.24, 2.45) is 0 Å². The number of nitrogens with one attached hydrogen (secondary N) is 1. The molecule has 0 spiro atoms. The highest BCUT2D eigenvalue weighted by molar-refractivity contribution is 7.11. The van der Waals surface area contributed by atoms with Crippen molar-refractivity contribution in [3.8, 4) is 0 Å². The Kier molecular flexibility index (Phi) is 4.10. The molecule has 0 atom stereocenters. The number of fused-ring (bicyclic) bond motifs is 1. The Balaban J connectivity index is 1.70. The summed E-state index contributed by atoms with van der Waals surface area (Å²) in [7, 11) is 0. The summed E-state index contributed by atoms with van der Waals surface area (Å²) in [5.74, 6) is -0.262. The van der Waals surface area contributed by atoms with Gasteiger partial charge >= 0.3 is 0 Å². The lowest BCUT2D eigenvalue weighted by atomic mass is 10.2. The maximum absolute atomic E-state index is 13.2. The van der Waals surface area contributed by atoms with Crippen LogP contribution in [0.15, 0.2) is 36.7 Å². The second-order valence-electron chi connectivity index (χ2n) is 4.77. The zero-order valence-corrected chi connectivity index (χ0v) is 12.6. The Morgan fingerprint density at radius 1 is 1.24 bits per heavy atom. The first kappa shape index (κ1) is 13.9. The van der Waals surface area contributed by atoms with E-state index in [1.807, 2.05) is 12.3 Å². The Bertz CT molecular complexity index is 754. The number of pyridine rings is 1. The first-order valence-corrected chi connectivity index (χ1v) is 7.79. The zero-order chi connectivity index (χ0) is 14.7. The molecule has 0 aliphatic rings. The third-order valence-corrected chi connectivity index (χ3v) is 4.51. The van der Waals surface area contributed by atoms with Crippen LogP contribution in [-0.4, -0.2) is 16.5 Å². The lowest BCUT2D eigenvalue weighted by molar-refractivity contribution is 0.629. The maximum Gasteiger partial charge on any atom is 0.125 e. The van der Waals surface area contributed by atoms with Crippen molar-refractivity contribution in [2.45, 2.75) is 19.8 Å². The van der Waals surface area contributed by atoms with E-state index in [2.05, 4.69) is 22.2 Å². The van der Waals surface area contributed by atoms with E-state index < -0.39 is 0 Å². The van der Waals surface area contributed by atoms with Gasteiger partial charge in [-0.15, -0.1) is 11.3 Å². The van der Waals surface area contributed by atoms with E-state index in [1.54, 1.807) is 23.6 Å². The molecule has 2 heterocycles. The fraction of sp³-hybridized carbons (Fsp3) is 0.250. The fourth-order valence-corrected chi connectivity index (χ4v) is 3.07. The van der Waals surface area contributed by atoms with Gasteiger partial charge in [0.25, 0.3) is 0 Å². The Hall–Kier alpha value is -2.01. The van der Waals surface area contributed by atoms with Crippen LogP contribution in [0, 0.1) is 5.82 Å². The molecule has 5 heteroatoms. The number of hydrogen-bond donors (Lipinski definition) is 1. The van der Waals surface area contributed by atoms with E-state index in [0.29, 0.717) is 5.52 Å². The number of anilines is 1. The summed E-state index contributed by atoms with van der Waals surface area (Å²) in [6, 6.07) is 6.59. The summed E-state index contributed by atoms with van der Waals surface area (Å²) in [5, 5.41) is 5.47. The molecule has 0 fully saturated rings. The normalized spacial score (nSPS) is 11.0. The van der Waals surface area contributed by atoms with Gasteiger partial charge in [-0.1, -0.05) is 6.92 Å². The highest BCUT2D eigenvalue weighted by Gasteiger charge is 2.04. The number of aryl methyl sites for hydroxylation is 1. The standard InChI is InChI=1S/C16H16FN3S/c1-2-12-10-20-16(21-12)6-8-18-14-5-7-19-15-9-11(17)3-4-13(14)15/h3-5,7,9-10H,2,6,8H2,1H3,(H,18,19). The Labute approximate surface area is 126 Å². The van der Waals surface area contributed by atoms with Gasteiger partial charge < -0.3 is 5.32 Å². The lowest BCUT2D eigenvalue weighted by Crippen LogP contribution is -2.05. The van der Waals surface area contributed by atoms with Gasteiger partial charge in [-0.05, 0) is 24.6 Å². The van der Waals surface area contributed by atoms with Crippen LogP contribution in [0.4, 0.5) is 10.1 Å². The third-order valence-electron chi connectivity index (χ3n) is 3.31. The van der Waals surface area contributed by atoms with Crippen molar-refractivity contribution in [2.75, 3.05) is 11.9 Å². The summed E-state index contributed by atoms with van der Waals surface area (Å²) >= 11 is 1.76. The van der Waals surface area contributed by atoms with Crippen molar-refractivity contribution < 1.29 is 4.39 Å². The molecule has 1 N–H and O–H groups in total. The van der Waals surface area contributed by atoms with Crippen LogP contribution in [0.25, 0.3) is 10.9 Å². The number of rotatable bonds is 5. The van der Waals surface area contributed by atoms with Gasteiger partial charge in [0.1, 0.15) is 5.82 Å². The molecular formula is C16H16FN3S. The predicted octanol–water partition coefficient (Wildman–Crippen LogP) is 4.05. The second-order valence-corrected chi connectivity index (χ2v) is 5.97. The number of aromatic nitrogens is 2. The molecule has 1 aromatic carbocycles. The van der Waals surface area contributed by atoms with E-state index in [0.717, 1.165) is 35.5 Å². The summed E-state index contributed by atoms with van der Waals surface area (Å²) in [5.41, 5.74) is 1.65. The highest BCUT2D eigenvalue weighted by Crippen LogP contribution is 2.22. The molecular weight excluding hydrogens is 285 g/mol. The predicted molar refractivity (Wildman–Crippen MR) is 85.4 cm³/mol. The maximum atomic E-state index is 13.2. The molecule has 108 valence electrons. The van der Waals surface area contributed by atoms with E-state index in [9.17, 15) is 4.39 Å². The topological polar surface area (TPSA) is 37.8 Å². The number of nitrogens with zero attached hydrogens (tertiary/aromatic N) is 2. The molecule has 3 aromatic rings. The summed E-state index contributed by atoms with van der Waals surface area (Å²) in [6.45, 7) is 2.94. The van der Waals surface area contributed by atoms with Crippen LogP contribution >= 0.6 is 11.3 Å². The van der Waals surface area contributed by atoms with Crippen LogP contribution in [0.3, 0.4) is 0 Å². The van der Waals surface area contributed by atoms with Crippen LogP contribution in [0.2, 0.25) is 0 Å². The fourth-order valence-electron chi connectivity index (χ4n) is 2.21. The smallest absolute Gasteiger partial charge is 0.125 e. The number of benzene rings is 1. The first-order chi connectivity index (χ1) is 10.3. The van der Waals surface area contributed by atoms with E-state index in [1.165, 1.54) is 17.0 Å². The third kappa shape index (κ3) is 3.19. The average Bonchev–Trinajstić information content (AvgIpc) is 2.95.